The highest BCUT2D eigenvalue weighted by molar-refractivity contribution is 9.11. The highest BCUT2D eigenvalue weighted by Crippen LogP contribution is 2.41. The predicted octanol–water partition coefficient (Wildman–Crippen LogP) is 5.71. The van der Waals surface area contributed by atoms with Crippen molar-refractivity contribution in [2.75, 3.05) is 0 Å². The normalized spacial score (nSPS) is 11.9. The van der Waals surface area contributed by atoms with Gasteiger partial charge in [0.15, 0.2) is 0 Å². The Morgan fingerprint density at radius 2 is 1.68 bits per heavy atom. The summed E-state index contributed by atoms with van der Waals surface area (Å²) in [6.07, 6.45) is 0. The van der Waals surface area contributed by atoms with Crippen LogP contribution in [0.1, 0.15) is 42.3 Å². The summed E-state index contributed by atoms with van der Waals surface area (Å²) in [4.78, 5) is 12.1. The molecule has 0 fully saturated rings. The van der Waals surface area contributed by atoms with E-state index >= 15 is 0 Å². The molecule has 0 radical (unpaired) electrons. The third-order valence-electron chi connectivity index (χ3n) is 3.65. The highest BCUT2D eigenvalue weighted by Gasteiger charge is 2.15. The van der Waals surface area contributed by atoms with Gasteiger partial charge < -0.3 is 10.2 Å². The summed E-state index contributed by atoms with van der Waals surface area (Å²) in [5, 5.41) is 27.2. The van der Waals surface area contributed by atoms with E-state index in [2.05, 4.69) is 62.9 Å². The van der Waals surface area contributed by atoms with Crippen LogP contribution in [0.15, 0.2) is 49.5 Å². The number of phenolic OH excluding ortho intramolecular Hbond substituents is 2. The molecule has 0 saturated heterocycles. The maximum Gasteiger partial charge on any atom is 0.295 e. The molecule has 132 valence electrons. The van der Waals surface area contributed by atoms with E-state index in [0.29, 0.717) is 15.6 Å². The minimum absolute atomic E-state index is 0.00906. The lowest BCUT2D eigenvalue weighted by Gasteiger charge is -2.18. The molecular formula is C18H18Br2N2O3. The van der Waals surface area contributed by atoms with Crippen LogP contribution in [0.5, 0.6) is 11.5 Å². The van der Waals surface area contributed by atoms with Crippen molar-refractivity contribution in [3.8, 4) is 11.5 Å². The van der Waals surface area contributed by atoms with Gasteiger partial charge in [-0.15, -0.1) is 5.11 Å². The van der Waals surface area contributed by atoms with Crippen LogP contribution in [0.3, 0.4) is 0 Å². The molecule has 2 rings (SSSR count). The third-order valence-corrected chi connectivity index (χ3v) is 5.00. The van der Waals surface area contributed by atoms with Crippen molar-refractivity contribution < 1.29 is 15.0 Å². The fourth-order valence-corrected chi connectivity index (χ4v) is 3.32. The van der Waals surface area contributed by atoms with E-state index in [1.807, 2.05) is 12.1 Å². The summed E-state index contributed by atoms with van der Waals surface area (Å²) in [5.74, 6) is -0.688. The Morgan fingerprint density at radius 3 is 2.24 bits per heavy atom. The summed E-state index contributed by atoms with van der Waals surface area (Å²) in [7, 11) is 0. The Bertz CT molecular complexity index is 826. The molecule has 0 aliphatic rings. The Kier molecular flexibility index (Phi) is 6.00. The van der Waals surface area contributed by atoms with Gasteiger partial charge in [0, 0.05) is 11.1 Å². The van der Waals surface area contributed by atoms with Crippen LogP contribution in [-0.4, -0.2) is 16.1 Å². The van der Waals surface area contributed by atoms with E-state index < -0.39 is 5.91 Å². The number of hydrogen-bond donors (Lipinski definition) is 2. The number of halogens is 2. The first-order chi connectivity index (χ1) is 11.6. The Balaban J connectivity index is 2.11. The molecule has 0 heterocycles. The van der Waals surface area contributed by atoms with Crippen molar-refractivity contribution in [1.82, 2.24) is 0 Å². The number of azo groups is 1. The van der Waals surface area contributed by atoms with Gasteiger partial charge >= 0.3 is 0 Å². The van der Waals surface area contributed by atoms with Crippen LogP contribution in [0.4, 0.5) is 0 Å². The Labute approximate surface area is 163 Å². The minimum Gasteiger partial charge on any atom is -0.506 e. The number of hydrogen-bond acceptors (Lipinski definition) is 4. The molecule has 0 unspecified atom stereocenters. The smallest absolute Gasteiger partial charge is 0.295 e. The molecule has 0 aliphatic carbocycles. The molecule has 5 nitrogen and oxygen atoms in total. The second kappa shape index (κ2) is 7.66. The number of phenols is 2. The van der Waals surface area contributed by atoms with E-state index in [0.717, 1.165) is 5.56 Å². The molecule has 25 heavy (non-hydrogen) atoms. The van der Waals surface area contributed by atoms with Gasteiger partial charge in [0.25, 0.3) is 5.91 Å². The molecule has 2 aromatic carbocycles. The van der Waals surface area contributed by atoms with E-state index in [1.54, 1.807) is 12.1 Å². The maximum absolute atomic E-state index is 12.1. The lowest BCUT2D eigenvalue weighted by molar-refractivity contribution is 0.0993. The highest BCUT2D eigenvalue weighted by atomic mass is 79.9. The largest absolute Gasteiger partial charge is 0.506 e. The summed E-state index contributed by atoms with van der Waals surface area (Å²) in [6.45, 7) is 6.31. The first kappa shape index (κ1) is 19.6. The number of nitrogens with zero attached hydrogens (tertiary/aromatic N) is 2. The topological polar surface area (TPSA) is 82.2 Å². The molecule has 0 aliphatic heterocycles. The first-order valence-electron chi connectivity index (χ1n) is 7.52. The minimum atomic E-state index is -0.447. The van der Waals surface area contributed by atoms with Crippen molar-refractivity contribution >= 4 is 37.8 Å². The molecule has 0 saturated carbocycles. The summed E-state index contributed by atoms with van der Waals surface area (Å²) in [6, 6.07) is 8.79. The summed E-state index contributed by atoms with van der Waals surface area (Å²) < 4.78 is 0.572. The van der Waals surface area contributed by atoms with Gasteiger partial charge in [-0.3, -0.25) is 4.79 Å². The van der Waals surface area contributed by atoms with Crippen molar-refractivity contribution in [2.45, 2.75) is 32.7 Å². The van der Waals surface area contributed by atoms with Gasteiger partial charge in [0.2, 0.25) is 0 Å². The van der Waals surface area contributed by atoms with Crippen molar-refractivity contribution in [3.63, 3.8) is 0 Å². The van der Waals surface area contributed by atoms with E-state index in [-0.39, 0.29) is 27.9 Å². The van der Waals surface area contributed by atoms with E-state index in [4.69, 9.17) is 0 Å². The maximum atomic E-state index is 12.1. The zero-order valence-corrected chi connectivity index (χ0v) is 17.2. The number of carbonyl (C=O) groups excluding carboxylic acids is 1. The SMILES string of the molecule is CC(C)(C)c1ccc(C(=O)N=NCc2cc(Br)c(O)c(Br)c2O)cc1. The second-order valence-corrected chi connectivity index (χ2v) is 8.21. The average molecular weight is 470 g/mol. The molecule has 0 atom stereocenters. The lowest BCUT2D eigenvalue weighted by atomic mass is 9.87. The van der Waals surface area contributed by atoms with Crippen LogP contribution < -0.4 is 0 Å². The fourth-order valence-electron chi connectivity index (χ4n) is 2.11. The fraction of sp³-hybridized carbons (Fsp3) is 0.278. The molecule has 2 N–H and O–H groups in total. The van der Waals surface area contributed by atoms with Crippen molar-refractivity contribution in [3.05, 3.63) is 56.0 Å². The molecule has 2 aromatic rings. The molecule has 0 aromatic heterocycles. The van der Waals surface area contributed by atoms with Gasteiger partial charge in [-0.2, -0.15) is 5.11 Å². The number of carbonyl (C=O) groups is 1. The molecular weight excluding hydrogens is 452 g/mol. The summed E-state index contributed by atoms with van der Waals surface area (Å²) >= 11 is 6.27. The van der Waals surface area contributed by atoms with Gasteiger partial charge in [0.1, 0.15) is 16.0 Å². The first-order valence-corrected chi connectivity index (χ1v) is 9.11. The second-order valence-electron chi connectivity index (χ2n) is 6.56. The third kappa shape index (κ3) is 4.67. The zero-order chi connectivity index (χ0) is 18.8. The molecule has 1 amide bonds. The van der Waals surface area contributed by atoms with Crippen molar-refractivity contribution in [1.29, 1.82) is 0 Å². The quantitative estimate of drug-likeness (QED) is 0.564. The van der Waals surface area contributed by atoms with Crippen LogP contribution in [-0.2, 0) is 12.0 Å². The Morgan fingerprint density at radius 1 is 1.08 bits per heavy atom. The standard InChI is InChI=1S/C18H18Br2N2O3/c1-18(2,3)12-6-4-10(5-7-12)17(25)22-21-9-11-8-13(19)16(24)14(20)15(11)23/h4-8,23-24H,9H2,1-3H3. The van der Waals surface area contributed by atoms with Crippen LogP contribution >= 0.6 is 31.9 Å². The molecule has 0 spiro atoms. The number of amides is 1. The van der Waals surface area contributed by atoms with Gasteiger partial charge in [-0.1, -0.05) is 32.9 Å². The van der Waals surface area contributed by atoms with Crippen LogP contribution in [0, 0.1) is 0 Å². The van der Waals surface area contributed by atoms with Gasteiger partial charge in [-0.05, 0) is 61.0 Å². The molecule has 0 bridgehead atoms. The number of rotatable bonds is 3. The Hall–Kier alpha value is -1.73. The van der Waals surface area contributed by atoms with E-state index in [1.165, 1.54) is 6.07 Å². The van der Waals surface area contributed by atoms with Crippen LogP contribution in [0.2, 0.25) is 0 Å². The number of aromatic hydroxyl groups is 2. The predicted molar refractivity (Wildman–Crippen MR) is 103 cm³/mol. The average Bonchev–Trinajstić information content (AvgIpc) is 2.56. The monoisotopic (exact) mass is 468 g/mol. The van der Waals surface area contributed by atoms with Gasteiger partial charge in [0.05, 0.1) is 11.0 Å². The van der Waals surface area contributed by atoms with Gasteiger partial charge in [-0.25, -0.2) is 0 Å². The van der Waals surface area contributed by atoms with Crippen LogP contribution in [0.25, 0.3) is 0 Å². The number of benzene rings is 2. The van der Waals surface area contributed by atoms with E-state index in [9.17, 15) is 15.0 Å². The molecule has 7 heteroatoms. The lowest BCUT2D eigenvalue weighted by Crippen LogP contribution is -2.11. The zero-order valence-electron chi connectivity index (χ0n) is 14.0. The van der Waals surface area contributed by atoms with Crippen molar-refractivity contribution in [2.24, 2.45) is 10.2 Å². The summed E-state index contributed by atoms with van der Waals surface area (Å²) in [5.41, 5.74) is 2.02.